The number of rotatable bonds is 4. The molecule has 0 radical (unpaired) electrons. The van der Waals surface area contributed by atoms with Crippen LogP contribution in [0.15, 0.2) is 12.4 Å². The zero-order valence-electron chi connectivity index (χ0n) is 10.5. The maximum atomic E-state index is 11.0. The highest BCUT2D eigenvalue weighted by Gasteiger charge is 2.10. The Balaban J connectivity index is 1.77. The second-order valence-corrected chi connectivity index (χ2v) is 4.06. The van der Waals surface area contributed by atoms with E-state index in [0.29, 0.717) is 5.69 Å². The molecule has 18 heavy (non-hydrogen) atoms. The van der Waals surface area contributed by atoms with E-state index in [1.807, 2.05) is 0 Å². The van der Waals surface area contributed by atoms with Gasteiger partial charge in [0.05, 0.1) is 38.8 Å². The number of aromatic nitrogens is 2. The molecule has 0 aromatic carbocycles. The highest BCUT2D eigenvalue weighted by Crippen LogP contribution is 2.05. The summed E-state index contributed by atoms with van der Waals surface area (Å²) in [5.41, 5.74) is 0.642. The predicted octanol–water partition coefficient (Wildman–Crippen LogP) is 0.394. The second kappa shape index (κ2) is 6.36. The largest absolute Gasteiger partial charge is 0.453 e. The van der Waals surface area contributed by atoms with Gasteiger partial charge in [0, 0.05) is 25.8 Å². The van der Waals surface area contributed by atoms with Gasteiger partial charge in [0.25, 0.3) is 0 Å². The minimum atomic E-state index is -0.484. The molecule has 0 aliphatic carbocycles. The minimum absolute atomic E-state index is 0.484. The number of carbonyl (C=O) groups excluding carboxylic acids is 1. The molecule has 0 bridgehead atoms. The number of amides is 1. The third kappa shape index (κ3) is 3.71. The van der Waals surface area contributed by atoms with E-state index in [-0.39, 0.29) is 0 Å². The van der Waals surface area contributed by atoms with Crippen LogP contribution in [-0.2, 0) is 16.0 Å². The van der Waals surface area contributed by atoms with E-state index < -0.39 is 6.09 Å². The molecule has 2 heterocycles. The molecule has 1 aliphatic heterocycles. The number of methoxy groups -OCH3 is 1. The van der Waals surface area contributed by atoms with E-state index in [2.05, 4.69) is 20.1 Å². The highest BCUT2D eigenvalue weighted by molar-refractivity contribution is 5.83. The number of ether oxygens (including phenoxy) is 2. The van der Waals surface area contributed by atoms with Gasteiger partial charge in [-0.25, -0.2) is 4.79 Å². The smallest absolute Gasteiger partial charge is 0.411 e. The molecular formula is C11H18N4O3. The molecule has 1 N–H and O–H groups in total. The SMILES string of the molecule is COC(=O)Nc1cnn(CCN2CCOCC2)c1. The van der Waals surface area contributed by atoms with Crippen LogP contribution in [0.25, 0.3) is 0 Å². The van der Waals surface area contributed by atoms with Gasteiger partial charge in [-0.3, -0.25) is 14.9 Å². The Bertz CT molecular complexity index is 387. The summed E-state index contributed by atoms with van der Waals surface area (Å²) < 4.78 is 11.6. The van der Waals surface area contributed by atoms with E-state index in [9.17, 15) is 4.79 Å². The molecule has 7 nitrogen and oxygen atoms in total. The summed E-state index contributed by atoms with van der Waals surface area (Å²) in [5.74, 6) is 0. The van der Waals surface area contributed by atoms with Crippen molar-refractivity contribution < 1.29 is 14.3 Å². The normalized spacial score (nSPS) is 16.5. The number of hydrogen-bond acceptors (Lipinski definition) is 5. The molecule has 1 amide bonds. The molecule has 1 aromatic rings. The molecule has 1 fully saturated rings. The van der Waals surface area contributed by atoms with Gasteiger partial charge in [-0.1, -0.05) is 0 Å². The van der Waals surface area contributed by atoms with Crippen LogP contribution in [0.1, 0.15) is 0 Å². The number of anilines is 1. The molecular weight excluding hydrogens is 236 g/mol. The molecule has 1 aromatic heterocycles. The number of hydrogen-bond donors (Lipinski definition) is 1. The lowest BCUT2D eigenvalue weighted by Crippen LogP contribution is -2.38. The average molecular weight is 254 g/mol. The van der Waals surface area contributed by atoms with E-state index in [0.717, 1.165) is 39.4 Å². The number of morpholine rings is 1. The summed E-state index contributed by atoms with van der Waals surface area (Å²) >= 11 is 0. The zero-order chi connectivity index (χ0) is 12.8. The first-order chi connectivity index (χ1) is 8.78. The van der Waals surface area contributed by atoms with Crippen LogP contribution in [0.5, 0.6) is 0 Å². The van der Waals surface area contributed by atoms with Gasteiger partial charge in [0.1, 0.15) is 0 Å². The quantitative estimate of drug-likeness (QED) is 0.842. The van der Waals surface area contributed by atoms with Crippen molar-refractivity contribution >= 4 is 11.8 Å². The Morgan fingerprint density at radius 2 is 2.28 bits per heavy atom. The third-order valence-electron chi connectivity index (χ3n) is 2.81. The van der Waals surface area contributed by atoms with Crippen LogP contribution in [0.3, 0.4) is 0 Å². The topological polar surface area (TPSA) is 68.6 Å². The summed E-state index contributed by atoms with van der Waals surface area (Å²) in [7, 11) is 1.33. The summed E-state index contributed by atoms with van der Waals surface area (Å²) in [6, 6.07) is 0. The van der Waals surface area contributed by atoms with E-state index in [1.165, 1.54) is 7.11 Å². The number of nitrogens with one attached hydrogen (secondary N) is 1. The first-order valence-corrected chi connectivity index (χ1v) is 5.95. The lowest BCUT2D eigenvalue weighted by molar-refractivity contribution is 0.0360. The summed E-state index contributed by atoms with van der Waals surface area (Å²) in [6.07, 6.45) is 2.91. The van der Waals surface area contributed by atoms with Crippen LogP contribution in [0.4, 0.5) is 10.5 Å². The van der Waals surface area contributed by atoms with Gasteiger partial charge in [-0.15, -0.1) is 0 Å². The Labute approximate surface area is 106 Å². The fourth-order valence-electron chi connectivity index (χ4n) is 1.79. The molecule has 100 valence electrons. The molecule has 1 saturated heterocycles. The Morgan fingerprint density at radius 1 is 1.50 bits per heavy atom. The van der Waals surface area contributed by atoms with Crippen molar-refractivity contribution in [3.8, 4) is 0 Å². The van der Waals surface area contributed by atoms with E-state index in [4.69, 9.17) is 4.74 Å². The van der Waals surface area contributed by atoms with Crippen LogP contribution in [0, 0.1) is 0 Å². The Morgan fingerprint density at radius 3 is 3.00 bits per heavy atom. The van der Waals surface area contributed by atoms with E-state index in [1.54, 1.807) is 17.1 Å². The fourth-order valence-corrected chi connectivity index (χ4v) is 1.79. The van der Waals surface area contributed by atoms with Crippen LogP contribution in [0.2, 0.25) is 0 Å². The van der Waals surface area contributed by atoms with Crippen molar-refractivity contribution in [1.82, 2.24) is 14.7 Å². The lowest BCUT2D eigenvalue weighted by Gasteiger charge is -2.26. The van der Waals surface area contributed by atoms with Gasteiger partial charge in [-0.05, 0) is 0 Å². The van der Waals surface area contributed by atoms with Crippen LogP contribution < -0.4 is 5.32 Å². The van der Waals surface area contributed by atoms with Gasteiger partial charge in [0.15, 0.2) is 0 Å². The van der Waals surface area contributed by atoms with Crippen LogP contribution >= 0.6 is 0 Å². The number of carbonyl (C=O) groups is 1. The van der Waals surface area contributed by atoms with Crippen molar-refractivity contribution in [3.63, 3.8) is 0 Å². The van der Waals surface area contributed by atoms with Gasteiger partial charge in [0.2, 0.25) is 0 Å². The third-order valence-corrected chi connectivity index (χ3v) is 2.81. The molecule has 0 atom stereocenters. The molecule has 7 heteroatoms. The first kappa shape index (κ1) is 12.8. The van der Waals surface area contributed by atoms with Crippen molar-refractivity contribution in [2.24, 2.45) is 0 Å². The standard InChI is InChI=1S/C11H18N4O3/c1-17-11(16)13-10-8-12-15(9-10)3-2-14-4-6-18-7-5-14/h8-9H,2-7H2,1H3,(H,13,16). The summed E-state index contributed by atoms with van der Waals surface area (Å²) in [4.78, 5) is 13.3. The monoisotopic (exact) mass is 254 g/mol. The Kier molecular flexibility index (Phi) is 4.54. The average Bonchev–Trinajstić information content (AvgIpc) is 2.85. The highest BCUT2D eigenvalue weighted by atomic mass is 16.5. The minimum Gasteiger partial charge on any atom is -0.453 e. The predicted molar refractivity (Wildman–Crippen MR) is 65.5 cm³/mol. The molecule has 0 saturated carbocycles. The molecule has 1 aliphatic rings. The second-order valence-electron chi connectivity index (χ2n) is 4.06. The van der Waals surface area contributed by atoms with Gasteiger partial charge >= 0.3 is 6.09 Å². The molecule has 0 spiro atoms. The van der Waals surface area contributed by atoms with Crippen molar-refractivity contribution in [2.75, 3.05) is 45.3 Å². The van der Waals surface area contributed by atoms with Gasteiger partial charge in [-0.2, -0.15) is 5.10 Å². The van der Waals surface area contributed by atoms with Crippen molar-refractivity contribution in [2.45, 2.75) is 6.54 Å². The maximum Gasteiger partial charge on any atom is 0.411 e. The Hall–Kier alpha value is -1.60. The molecule has 2 rings (SSSR count). The van der Waals surface area contributed by atoms with Gasteiger partial charge < -0.3 is 9.47 Å². The number of nitrogens with zero attached hydrogens (tertiary/aromatic N) is 3. The zero-order valence-corrected chi connectivity index (χ0v) is 10.5. The summed E-state index contributed by atoms with van der Waals surface area (Å²) in [5, 5.41) is 6.75. The lowest BCUT2D eigenvalue weighted by atomic mass is 10.4. The van der Waals surface area contributed by atoms with Crippen molar-refractivity contribution in [1.29, 1.82) is 0 Å². The summed E-state index contributed by atoms with van der Waals surface area (Å²) in [6.45, 7) is 5.26. The first-order valence-electron chi connectivity index (χ1n) is 5.95. The molecule has 0 unspecified atom stereocenters. The fraction of sp³-hybridized carbons (Fsp3) is 0.636. The maximum absolute atomic E-state index is 11.0. The van der Waals surface area contributed by atoms with E-state index >= 15 is 0 Å². The van der Waals surface area contributed by atoms with Crippen LogP contribution in [-0.4, -0.2) is 60.7 Å². The van der Waals surface area contributed by atoms with Crippen molar-refractivity contribution in [3.05, 3.63) is 12.4 Å².